The topological polar surface area (TPSA) is 178 Å². The van der Waals surface area contributed by atoms with Crippen LogP contribution >= 0.6 is 0 Å². The Balaban J connectivity index is 1.71. The van der Waals surface area contributed by atoms with Gasteiger partial charge in [0.25, 0.3) is 0 Å². The van der Waals surface area contributed by atoms with Crippen LogP contribution in [0, 0.1) is 0 Å². The summed E-state index contributed by atoms with van der Waals surface area (Å²) < 4.78 is 33.0. The lowest BCUT2D eigenvalue weighted by Crippen LogP contribution is -2.55. The van der Waals surface area contributed by atoms with Crippen LogP contribution in [0.3, 0.4) is 0 Å². The zero-order valence-electron chi connectivity index (χ0n) is 17.5. The van der Waals surface area contributed by atoms with Crippen molar-refractivity contribution in [3.8, 4) is 17.2 Å². The van der Waals surface area contributed by atoms with Gasteiger partial charge in [0, 0.05) is 16.3 Å². The summed E-state index contributed by atoms with van der Waals surface area (Å²) in [5.41, 5.74) is -1.62. The Morgan fingerprint density at radius 3 is 2.32 bits per heavy atom. The minimum absolute atomic E-state index is 0.0112. The number of rotatable bonds is 3. The van der Waals surface area contributed by atoms with Gasteiger partial charge in [0.05, 0.1) is 24.5 Å². The quantitative estimate of drug-likeness (QED) is 0.226. The van der Waals surface area contributed by atoms with Crippen molar-refractivity contribution in [2.75, 3.05) is 20.5 Å². The van der Waals surface area contributed by atoms with E-state index in [-0.39, 0.29) is 62.3 Å². The van der Waals surface area contributed by atoms with Crippen LogP contribution in [0.1, 0.15) is 11.7 Å². The van der Waals surface area contributed by atoms with Crippen LogP contribution in [-0.2, 0) is 4.74 Å². The summed E-state index contributed by atoms with van der Waals surface area (Å²) in [6.45, 7) is -0.764. The molecule has 4 N–H and O–H groups in total. The maximum Gasteiger partial charge on any atom is 0.344 e. The second kappa shape index (κ2) is 7.29. The van der Waals surface area contributed by atoms with Gasteiger partial charge < -0.3 is 48.2 Å². The molecular weight excluding hydrogens is 456 g/mol. The summed E-state index contributed by atoms with van der Waals surface area (Å²) in [5.74, 6) is 0.367. The van der Waals surface area contributed by atoms with Gasteiger partial charge >= 0.3 is 11.3 Å². The number of aliphatic hydroxyl groups is 4. The minimum Gasteiger partial charge on any atom is -0.492 e. The van der Waals surface area contributed by atoms with Gasteiger partial charge in [0.2, 0.25) is 12.5 Å². The average Bonchev–Trinajstić information content (AvgIpc) is 3.31. The van der Waals surface area contributed by atoms with Gasteiger partial charge in [-0.15, -0.1) is 0 Å². The molecule has 4 heterocycles. The zero-order valence-corrected chi connectivity index (χ0v) is 17.5. The number of aliphatic hydroxyl groups excluding tert-OH is 4. The third-order valence-electron chi connectivity index (χ3n) is 6.37. The van der Waals surface area contributed by atoms with E-state index in [4.69, 9.17) is 27.8 Å². The number of hydrogen-bond donors (Lipinski definition) is 4. The first-order chi connectivity index (χ1) is 16.3. The average molecular weight is 474 g/mol. The van der Waals surface area contributed by atoms with Crippen molar-refractivity contribution in [3.05, 3.63) is 38.5 Å². The van der Waals surface area contributed by atoms with Crippen molar-refractivity contribution in [2.45, 2.75) is 30.5 Å². The van der Waals surface area contributed by atoms with Crippen molar-refractivity contribution < 1.29 is 48.2 Å². The van der Waals surface area contributed by atoms with Crippen molar-refractivity contribution in [2.24, 2.45) is 0 Å². The van der Waals surface area contributed by atoms with E-state index in [0.29, 0.717) is 0 Å². The number of benzene rings is 2. The second-order valence-electron chi connectivity index (χ2n) is 8.14. The van der Waals surface area contributed by atoms with E-state index in [2.05, 4.69) is 0 Å². The van der Waals surface area contributed by atoms with Crippen LogP contribution in [0.25, 0.3) is 32.7 Å². The highest BCUT2D eigenvalue weighted by Gasteiger charge is 2.45. The molecule has 12 heteroatoms. The molecule has 2 aliphatic rings. The second-order valence-corrected chi connectivity index (χ2v) is 8.14. The van der Waals surface area contributed by atoms with Crippen LogP contribution in [0.2, 0.25) is 0 Å². The van der Waals surface area contributed by atoms with Crippen molar-refractivity contribution in [1.82, 2.24) is 0 Å². The molecule has 0 spiro atoms. The summed E-state index contributed by atoms with van der Waals surface area (Å²) in [6, 6.07) is 2.77. The van der Waals surface area contributed by atoms with Gasteiger partial charge in [-0.2, -0.15) is 0 Å². The highest BCUT2D eigenvalue weighted by atomic mass is 16.7. The normalized spacial score (nSPS) is 26.7. The van der Waals surface area contributed by atoms with E-state index in [1.807, 2.05) is 0 Å². The van der Waals surface area contributed by atoms with Crippen LogP contribution in [0.4, 0.5) is 0 Å². The molecule has 4 aromatic rings. The molecule has 1 fully saturated rings. The molecule has 2 aromatic heterocycles. The summed E-state index contributed by atoms with van der Waals surface area (Å²) >= 11 is 0. The van der Waals surface area contributed by atoms with Crippen LogP contribution in [0.5, 0.6) is 17.2 Å². The van der Waals surface area contributed by atoms with E-state index >= 15 is 0 Å². The van der Waals surface area contributed by atoms with Gasteiger partial charge in [-0.25, -0.2) is 9.59 Å². The Kier molecular flexibility index (Phi) is 4.53. The SMILES string of the molecule is COc1c(C2OC(CO)C(O)C(O)C2O)cc2c(=O)oc3c4c(cc5c(=O)oc1c2c35)OCO4. The van der Waals surface area contributed by atoms with E-state index < -0.39 is 48.4 Å². The smallest absolute Gasteiger partial charge is 0.344 e. The predicted molar refractivity (Wildman–Crippen MR) is 113 cm³/mol. The first kappa shape index (κ1) is 21.1. The fourth-order valence-electron chi connectivity index (χ4n) is 4.76. The van der Waals surface area contributed by atoms with Crippen LogP contribution in [0.15, 0.2) is 30.6 Å². The highest BCUT2D eigenvalue weighted by molar-refractivity contribution is 6.22. The van der Waals surface area contributed by atoms with Gasteiger partial charge in [0.15, 0.2) is 22.7 Å². The molecule has 0 radical (unpaired) electrons. The third-order valence-corrected chi connectivity index (χ3v) is 6.37. The Morgan fingerprint density at radius 2 is 1.62 bits per heavy atom. The number of fused-ring (bicyclic) bond motifs is 2. The van der Waals surface area contributed by atoms with Crippen molar-refractivity contribution >= 4 is 32.7 Å². The van der Waals surface area contributed by atoms with Gasteiger partial charge in [0.1, 0.15) is 30.5 Å². The molecular formula is C22H18O12. The molecule has 5 atom stereocenters. The molecule has 6 rings (SSSR count). The summed E-state index contributed by atoms with van der Waals surface area (Å²) in [7, 11) is 1.29. The fourth-order valence-corrected chi connectivity index (χ4v) is 4.76. The third kappa shape index (κ3) is 2.65. The van der Waals surface area contributed by atoms with E-state index in [9.17, 15) is 30.0 Å². The molecule has 2 aliphatic heterocycles. The molecule has 0 saturated carbocycles. The van der Waals surface area contributed by atoms with Gasteiger partial charge in [-0.1, -0.05) is 0 Å². The van der Waals surface area contributed by atoms with E-state index in [1.54, 1.807) is 0 Å². The van der Waals surface area contributed by atoms with E-state index in [1.165, 1.54) is 19.2 Å². The molecule has 5 unspecified atom stereocenters. The van der Waals surface area contributed by atoms with Crippen molar-refractivity contribution in [3.63, 3.8) is 0 Å². The summed E-state index contributed by atoms with van der Waals surface area (Å²) in [6.07, 6.45) is -7.47. The lowest BCUT2D eigenvalue weighted by molar-refractivity contribution is -0.232. The van der Waals surface area contributed by atoms with Gasteiger partial charge in [-0.3, -0.25) is 0 Å². The fraction of sp³-hybridized carbons (Fsp3) is 0.364. The number of methoxy groups -OCH3 is 1. The first-order valence-electron chi connectivity index (χ1n) is 10.3. The molecule has 0 aliphatic carbocycles. The predicted octanol–water partition coefficient (Wildman–Crippen LogP) is -0.257. The van der Waals surface area contributed by atoms with Crippen LogP contribution in [-0.4, -0.2) is 65.4 Å². The molecule has 2 aromatic carbocycles. The van der Waals surface area contributed by atoms with Gasteiger partial charge in [-0.05, 0) is 12.1 Å². The molecule has 0 bridgehead atoms. The largest absolute Gasteiger partial charge is 0.492 e. The Bertz CT molecular complexity index is 1550. The molecule has 34 heavy (non-hydrogen) atoms. The zero-order chi connectivity index (χ0) is 23.9. The monoisotopic (exact) mass is 474 g/mol. The lowest BCUT2D eigenvalue weighted by Gasteiger charge is -2.40. The molecule has 12 nitrogen and oxygen atoms in total. The number of ether oxygens (including phenoxy) is 4. The van der Waals surface area contributed by atoms with E-state index in [0.717, 1.165) is 0 Å². The van der Waals surface area contributed by atoms with Crippen molar-refractivity contribution in [1.29, 1.82) is 0 Å². The maximum absolute atomic E-state index is 13.0. The maximum atomic E-state index is 13.0. The Hall–Kier alpha value is -3.42. The lowest BCUT2D eigenvalue weighted by atomic mass is 9.89. The summed E-state index contributed by atoms with van der Waals surface area (Å²) in [5, 5.41) is 41.1. The minimum atomic E-state index is -1.67. The summed E-state index contributed by atoms with van der Waals surface area (Å²) in [4.78, 5) is 26.0. The molecule has 178 valence electrons. The molecule has 0 amide bonds. The van der Waals surface area contributed by atoms with Crippen LogP contribution < -0.4 is 25.5 Å². The standard InChI is InChI=1S/C22H18O12/c1-29-17-8(16-15(26)14(25)13(24)10(4-23)32-16)2-6-11-12-7(22(28)33-19(11)17)3-9-18(31-5-30-9)20(12)34-21(6)27/h2-3,10,13-16,23-26H,4-5H2,1H3. The number of hydrogen-bond acceptors (Lipinski definition) is 12. The molecule has 1 saturated heterocycles. The highest BCUT2D eigenvalue weighted by Crippen LogP contribution is 2.47. The first-order valence-corrected chi connectivity index (χ1v) is 10.3. The Morgan fingerprint density at radius 1 is 0.941 bits per heavy atom. The Labute approximate surface area is 188 Å².